The maximum atomic E-state index is 11.5. The van der Waals surface area contributed by atoms with Crippen molar-refractivity contribution in [1.82, 2.24) is 0 Å². The molecule has 2 bridgehead atoms. The molecule has 2 nitrogen and oxygen atoms in total. The fourth-order valence-corrected chi connectivity index (χ4v) is 2.65. The minimum Gasteiger partial charge on any atom is -0.298 e. The van der Waals surface area contributed by atoms with Gasteiger partial charge in [-0.15, -0.1) is 0 Å². The van der Waals surface area contributed by atoms with E-state index in [1.54, 1.807) is 6.08 Å². The molecule has 3 rings (SSSR count). The van der Waals surface area contributed by atoms with Crippen LogP contribution in [0.2, 0.25) is 0 Å². The van der Waals surface area contributed by atoms with Crippen LogP contribution in [0.5, 0.6) is 0 Å². The molecular weight excluding hydrogens is 152 g/mol. The third kappa shape index (κ3) is 0.501. The van der Waals surface area contributed by atoms with Gasteiger partial charge in [0, 0.05) is 23.7 Å². The fraction of sp³-hybridized carbons (Fsp3) is 0.400. The number of allylic oxidation sites excluding steroid dienone is 4. The predicted octanol–water partition coefficient (Wildman–Crippen LogP) is 0.743. The predicted molar refractivity (Wildman–Crippen MR) is 42.3 cm³/mol. The number of fused-ring (bicyclic) bond motifs is 5. The van der Waals surface area contributed by atoms with Crippen molar-refractivity contribution in [2.75, 3.05) is 0 Å². The second-order valence-electron chi connectivity index (χ2n) is 3.70. The van der Waals surface area contributed by atoms with Gasteiger partial charge in [-0.3, -0.25) is 9.59 Å². The standard InChI is InChI=1S/C10H8O2/c11-8-4-3-5-6-1-2-7(9(5)8)10(6)12/h1-7,9H/t5-,6-,7+,9+/m1/s1. The van der Waals surface area contributed by atoms with Crippen LogP contribution in [0.3, 0.4) is 0 Å². The van der Waals surface area contributed by atoms with Gasteiger partial charge in [0.25, 0.3) is 0 Å². The number of carbonyl (C=O) groups is 2. The molecule has 0 aromatic carbocycles. The van der Waals surface area contributed by atoms with Gasteiger partial charge in [0.1, 0.15) is 5.78 Å². The SMILES string of the molecule is O=C1C=C[C@H]2[C@H]1[C@@H]1C=C[C@H]2C1=O. The van der Waals surface area contributed by atoms with Crippen molar-refractivity contribution in [2.24, 2.45) is 23.7 Å². The lowest BCUT2D eigenvalue weighted by molar-refractivity contribution is -0.124. The highest BCUT2D eigenvalue weighted by Crippen LogP contribution is 2.48. The molecular formula is C10H8O2. The Hall–Kier alpha value is -1.18. The lowest BCUT2D eigenvalue weighted by Gasteiger charge is -2.15. The summed E-state index contributed by atoms with van der Waals surface area (Å²) in [6.45, 7) is 0. The largest absolute Gasteiger partial charge is 0.298 e. The Balaban J connectivity index is 2.13. The summed E-state index contributed by atoms with van der Waals surface area (Å²) in [6, 6.07) is 0. The van der Waals surface area contributed by atoms with Crippen LogP contribution in [0.15, 0.2) is 24.3 Å². The maximum Gasteiger partial charge on any atom is 0.160 e. The van der Waals surface area contributed by atoms with Gasteiger partial charge < -0.3 is 0 Å². The van der Waals surface area contributed by atoms with Crippen molar-refractivity contribution in [3.8, 4) is 0 Å². The van der Waals surface area contributed by atoms with E-state index in [1.807, 2.05) is 18.2 Å². The number of hydrogen-bond acceptors (Lipinski definition) is 2. The molecule has 0 aromatic heterocycles. The van der Waals surface area contributed by atoms with Crippen LogP contribution in [0.25, 0.3) is 0 Å². The van der Waals surface area contributed by atoms with E-state index in [2.05, 4.69) is 0 Å². The van der Waals surface area contributed by atoms with Crippen LogP contribution < -0.4 is 0 Å². The van der Waals surface area contributed by atoms with Gasteiger partial charge in [-0.05, 0) is 6.08 Å². The molecule has 60 valence electrons. The van der Waals surface area contributed by atoms with Gasteiger partial charge in [0.05, 0.1) is 0 Å². The molecule has 0 saturated heterocycles. The molecule has 0 aromatic rings. The van der Waals surface area contributed by atoms with Gasteiger partial charge >= 0.3 is 0 Å². The number of carbonyl (C=O) groups excluding carboxylic acids is 2. The summed E-state index contributed by atoms with van der Waals surface area (Å²) in [4.78, 5) is 22.8. The monoisotopic (exact) mass is 160 g/mol. The highest BCUT2D eigenvalue weighted by molar-refractivity contribution is 6.05. The van der Waals surface area contributed by atoms with E-state index in [0.29, 0.717) is 0 Å². The molecule has 2 heteroatoms. The van der Waals surface area contributed by atoms with Crippen molar-refractivity contribution in [3.05, 3.63) is 24.3 Å². The second kappa shape index (κ2) is 1.76. The number of hydrogen-bond donors (Lipinski definition) is 0. The third-order valence-corrected chi connectivity index (χ3v) is 3.21. The Morgan fingerprint density at radius 1 is 1.00 bits per heavy atom. The molecule has 0 N–H and O–H groups in total. The van der Waals surface area contributed by atoms with Crippen LogP contribution in [-0.2, 0) is 9.59 Å². The van der Waals surface area contributed by atoms with Gasteiger partial charge in [-0.25, -0.2) is 0 Å². The molecule has 0 aliphatic heterocycles. The molecule has 3 aliphatic rings. The Morgan fingerprint density at radius 3 is 2.50 bits per heavy atom. The summed E-state index contributed by atoms with van der Waals surface area (Å²) in [7, 11) is 0. The highest BCUT2D eigenvalue weighted by Gasteiger charge is 2.54. The lowest BCUT2D eigenvalue weighted by atomic mass is 9.85. The molecule has 0 radical (unpaired) electrons. The molecule has 1 fully saturated rings. The summed E-state index contributed by atoms with van der Waals surface area (Å²) in [6.07, 6.45) is 7.39. The minimum absolute atomic E-state index is 0.0164. The van der Waals surface area contributed by atoms with E-state index in [-0.39, 0.29) is 35.2 Å². The van der Waals surface area contributed by atoms with Crippen molar-refractivity contribution in [3.63, 3.8) is 0 Å². The number of rotatable bonds is 0. The van der Waals surface area contributed by atoms with Gasteiger partial charge in [-0.1, -0.05) is 18.2 Å². The zero-order valence-corrected chi connectivity index (χ0v) is 6.44. The summed E-state index contributed by atoms with van der Waals surface area (Å²) >= 11 is 0. The van der Waals surface area contributed by atoms with E-state index < -0.39 is 0 Å². The minimum atomic E-state index is -0.0949. The number of ketones is 2. The van der Waals surface area contributed by atoms with Gasteiger partial charge in [-0.2, -0.15) is 0 Å². The molecule has 0 unspecified atom stereocenters. The second-order valence-corrected chi connectivity index (χ2v) is 3.70. The first-order valence-electron chi connectivity index (χ1n) is 4.23. The quantitative estimate of drug-likeness (QED) is 0.490. The Kier molecular flexibility index (Phi) is 0.932. The molecule has 3 aliphatic carbocycles. The summed E-state index contributed by atoms with van der Waals surface area (Å²) in [5.41, 5.74) is 0. The van der Waals surface area contributed by atoms with Crippen LogP contribution >= 0.6 is 0 Å². The summed E-state index contributed by atoms with van der Waals surface area (Å²) in [5, 5.41) is 0. The highest BCUT2D eigenvalue weighted by atomic mass is 16.1. The van der Waals surface area contributed by atoms with E-state index >= 15 is 0 Å². The van der Waals surface area contributed by atoms with E-state index in [1.165, 1.54) is 0 Å². The number of Topliss-reactive ketones (excluding diaryl/α,β-unsaturated/α-hetero) is 1. The zero-order valence-electron chi connectivity index (χ0n) is 6.44. The van der Waals surface area contributed by atoms with Crippen molar-refractivity contribution in [1.29, 1.82) is 0 Å². The molecule has 12 heavy (non-hydrogen) atoms. The first kappa shape index (κ1) is 6.35. The van der Waals surface area contributed by atoms with Crippen molar-refractivity contribution in [2.45, 2.75) is 0 Å². The van der Waals surface area contributed by atoms with Crippen molar-refractivity contribution < 1.29 is 9.59 Å². The average molecular weight is 160 g/mol. The normalized spacial score (nSPS) is 47.7. The Labute approximate surface area is 70.0 Å². The summed E-state index contributed by atoms with van der Waals surface area (Å²) in [5.74, 6) is 0.477. The maximum absolute atomic E-state index is 11.5. The Morgan fingerprint density at radius 2 is 1.75 bits per heavy atom. The van der Waals surface area contributed by atoms with E-state index in [0.717, 1.165) is 0 Å². The fourth-order valence-electron chi connectivity index (χ4n) is 2.65. The Bertz CT molecular complexity index is 338. The van der Waals surface area contributed by atoms with Crippen molar-refractivity contribution >= 4 is 11.6 Å². The van der Waals surface area contributed by atoms with E-state index in [4.69, 9.17) is 0 Å². The third-order valence-electron chi connectivity index (χ3n) is 3.21. The van der Waals surface area contributed by atoms with Gasteiger partial charge in [0.2, 0.25) is 0 Å². The molecule has 0 amide bonds. The van der Waals surface area contributed by atoms with E-state index in [9.17, 15) is 9.59 Å². The first-order chi connectivity index (χ1) is 5.79. The molecule has 0 heterocycles. The zero-order chi connectivity index (χ0) is 8.29. The first-order valence-corrected chi connectivity index (χ1v) is 4.23. The lowest BCUT2D eigenvalue weighted by Crippen LogP contribution is -2.20. The van der Waals surface area contributed by atoms with Crippen LogP contribution in [-0.4, -0.2) is 11.6 Å². The molecule has 4 atom stereocenters. The van der Waals surface area contributed by atoms with Crippen LogP contribution in [0, 0.1) is 23.7 Å². The van der Waals surface area contributed by atoms with Gasteiger partial charge in [0.15, 0.2) is 5.78 Å². The topological polar surface area (TPSA) is 34.1 Å². The molecule has 1 saturated carbocycles. The molecule has 0 spiro atoms. The average Bonchev–Trinajstić information content (AvgIpc) is 2.66. The van der Waals surface area contributed by atoms with Crippen LogP contribution in [0.1, 0.15) is 0 Å². The smallest absolute Gasteiger partial charge is 0.160 e. The van der Waals surface area contributed by atoms with Crippen LogP contribution in [0.4, 0.5) is 0 Å². The summed E-state index contributed by atoms with van der Waals surface area (Å²) < 4.78 is 0.